The Hall–Kier alpha value is -12.7. The van der Waals surface area contributed by atoms with Crippen LogP contribution in [0.2, 0.25) is 0 Å². The fourth-order valence-corrected chi connectivity index (χ4v) is 16.5. The first-order valence-electron chi connectivity index (χ1n) is 33.6. The van der Waals surface area contributed by atoms with Crippen molar-refractivity contribution in [2.24, 2.45) is 0 Å². The lowest BCUT2D eigenvalue weighted by Gasteiger charge is -2.46. The molecular weight excluding hydrogens is 1170 g/mol. The number of rotatable bonds is 9. The molecule has 0 unspecified atom stereocenters. The van der Waals surface area contributed by atoms with E-state index in [0.29, 0.717) is 0 Å². The van der Waals surface area contributed by atoms with Crippen LogP contribution in [0.5, 0.6) is 0 Å². The van der Waals surface area contributed by atoms with Crippen LogP contribution in [-0.4, -0.2) is 15.8 Å². The Morgan fingerprint density at radius 2 is 0.557 bits per heavy atom. The average Bonchev–Trinajstić information content (AvgIpc) is 1.32. The standard InChI is InChI=1S/C92H59BN4/c1-6-26-60(27-7-1)67-56-86-90-87(57-67)97(92-74(63-32-12-4-13-33-63)44-25-45-75(92)64-34-14-5-15-35-64)85-59-69(95-81-47-23-21-41-77(81)89-71-39-19-17-37-66(71)49-55-83(89)95)51-53-79(85)93(90)78-52-50-68(94-80-46-22-20-40-76(80)88-70-38-18-16-36-65(70)48-54-82(88)94)58-84(78)96(86)91-72(61-28-8-2-9-29-61)42-24-43-73(91)62-30-10-3-11-31-62/h1-59H. The molecule has 4 nitrogen and oxygen atoms in total. The van der Waals surface area contributed by atoms with Crippen molar-refractivity contribution in [3.63, 3.8) is 0 Å². The zero-order valence-corrected chi connectivity index (χ0v) is 52.9. The molecule has 2 aromatic heterocycles. The van der Waals surface area contributed by atoms with Gasteiger partial charge in [-0.25, -0.2) is 0 Å². The quantitative estimate of drug-likeness (QED) is 0.134. The van der Waals surface area contributed by atoms with Crippen LogP contribution >= 0.6 is 0 Å². The average molecular weight is 1230 g/mol. The lowest BCUT2D eigenvalue weighted by atomic mass is 9.33. The van der Waals surface area contributed by atoms with Crippen molar-refractivity contribution in [2.75, 3.05) is 9.80 Å². The molecule has 0 fully saturated rings. The number of anilines is 6. The minimum Gasteiger partial charge on any atom is -0.310 e. The van der Waals surface area contributed by atoms with Crippen molar-refractivity contribution in [1.82, 2.24) is 9.13 Å². The minimum atomic E-state index is -0.243. The van der Waals surface area contributed by atoms with Crippen molar-refractivity contribution >= 4 is 122 Å². The topological polar surface area (TPSA) is 16.3 Å². The Kier molecular flexibility index (Phi) is 12.4. The molecule has 97 heavy (non-hydrogen) atoms. The van der Waals surface area contributed by atoms with Gasteiger partial charge in [0.2, 0.25) is 0 Å². The lowest BCUT2D eigenvalue weighted by molar-refractivity contribution is 1.17. The maximum atomic E-state index is 2.68. The van der Waals surface area contributed by atoms with Crippen molar-refractivity contribution < 1.29 is 0 Å². The third-order valence-electron chi connectivity index (χ3n) is 20.6. The Balaban J connectivity index is 0.959. The number of hydrogen-bond acceptors (Lipinski definition) is 2. The van der Waals surface area contributed by atoms with Gasteiger partial charge >= 0.3 is 0 Å². The van der Waals surface area contributed by atoms with Crippen LogP contribution in [0.4, 0.5) is 34.1 Å². The van der Waals surface area contributed by atoms with E-state index in [0.717, 1.165) is 112 Å². The number of benzene rings is 16. The van der Waals surface area contributed by atoms with E-state index in [2.05, 4.69) is 377 Å². The largest absolute Gasteiger partial charge is 0.310 e. The summed E-state index contributed by atoms with van der Waals surface area (Å²) in [6.45, 7) is -0.243. The van der Waals surface area contributed by atoms with Gasteiger partial charge in [-0.3, -0.25) is 0 Å². The molecule has 450 valence electrons. The van der Waals surface area contributed by atoms with Crippen LogP contribution in [0.25, 0.3) is 132 Å². The number of nitrogens with zero attached hydrogens (tertiary/aromatic N) is 4. The summed E-state index contributed by atoms with van der Waals surface area (Å²) in [7, 11) is 0. The van der Waals surface area contributed by atoms with Gasteiger partial charge in [-0.15, -0.1) is 0 Å². The highest BCUT2D eigenvalue weighted by atomic mass is 15.2. The molecule has 2 aliphatic rings. The summed E-state index contributed by atoms with van der Waals surface area (Å²) in [6.07, 6.45) is 0. The van der Waals surface area contributed by atoms with Crippen LogP contribution in [-0.2, 0) is 0 Å². The van der Waals surface area contributed by atoms with Gasteiger partial charge in [0, 0.05) is 77.9 Å². The summed E-state index contributed by atoms with van der Waals surface area (Å²) in [5, 5.41) is 9.91. The summed E-state index contributed by atoms with van der Waals surface area (Å²) in [4.78, 5) is 5.35. The van der Waals surface area contributed by atoms with Crippen LogP contribution in [0.3, 0.4) is 0 Å². The maximum absolute atomic E-state index is 2.68. The molecule has 0 saturated carbocycles. The van der Waals surface area contributed by atoms with Gasteiger partial charge in [0.1, 0.15) is 0 Å². The van der Waals surface area contributed by atoms with Gasteiger partial charge in [-0.05, 0) is 132 Å². The van der Waals surface area contributed by atoms with E-state index < -0.39 is 0 Å². The normalized spacial score (nSPS) is 12.5. The molecule has 18 aromatic rings. The van der Waals surface area contributed by atoms with E-state index in [9.17, 15) is 0 Å². The van der Waals surface area contributed by atoms with Crippen LogP contribution in [0.1, 0.15) is 0 Å². The van der Waals surface area contributed by atoms with Gasteiger partial charge in [0.15, 0.2) is 0 Å². The van der Waals surface area contributed by atoms with Gasteiger partial charge < -0.3 is 18.9 Å². The molecule has 0 N–H and O–H groups in total. The van der Waals surface area contributed by atoms with Gasteiger partial charge in [0.25, 0.3) is 6.71 Å². The summed E-state index contributed by atoms with van der Waals surface area (Å²) >= 11 is 0. The van der Waals surface area contributed by atoms with E-state index in [1.165, 1.54) is 70.5 Å². The van der Waals surface area contributed by atoms with Crippen molar-refractivity contribution in [3.8, 4) is 67.0 Å². The minimum absolute atomic E-state index is 0.243. The van der Waals surface area contributed by atoms with Gasteiger partial charge in [-0.2, -0.15) is 0 Å². The Morgan fingerprint density at radius 3 is 0.948 bits per heavy atom. The second kappa shape index (κ2) is 22.0. The number of hydrogen-bond donors (Lipinski definition) is 0. The second-order valence-electron chi connectivity index (χ2n) is 25.8. The Bertz CT molecular complexity index is 5720. The molecule has 0 spiro atoms. The Labute approximate surface area is 562 Å². The molecule has 0 atom stereocenters. The summed E-state index contributed by atoms with van der Waals surface area (Å²) in [6, 6.07) is 134. The Morgan fingerprint density at radius 1 is 0.216 bits per heavy atom. The highest BCUT2D eigenvalue weighted by Gasteiger charge is 2.46. The zero-order chi connectivity index (χ0) is 63.7. The zero-order valence-electron chi connectivity index (χ0n) is 52.9. The molecule has 0 bridgehead atoms. The predicted octanol–water partition coefficient (Wildman–Crippen LogP) is 22.6. The molecule has 20 rings (SSSR count). The van der Waals surface area contributed by atoms with Gasteiger partial charge in [0.05, 0.1) is 33.4 Å². The molecule has 0 saturated heterocycles. The second-order valence-corrected chi connectivity index (χ2v) is 25.8. The fraction of sp³-hybridized carbons (Fsp3) is 0. The molecule has 0 aliphatic carbocycles. The third-order valence-corrected chi connectivity index (χ3v) is 20.6. The smallest absolute Gasteiger partial charge is 0.252 e. The lowest BCUT2D eigenvalue weighted by Crippen LogP contribution is -2.61. The maximum Gasteiger partial charge on any atom is 0.252 e. The summed E-state index contributed by atoms with van der Waals surface area (Å²) < 4.78 is 5.03. The van der Waals surface area contributed by atoms with Gasteiger partial charge in [-0.1, -0.05) is 297 Å². The summed E-state index contributed by atoms with van der Waals surface area (Å²) in [5.74, 6) is 0. The predicted molar refractivity (Wildman–Crippen MR) is 411 cm³/mol. The molecular formula is C92H59BN4. The third kappa shape index (κ3) is 8.45. The number of aromatic nitrogens is 2. The van der Waals surface area contributed by atoms with Crippen LogP contribution < -0.4 is 26.2 Å². The summed E-state index contributed by atoms with van der Waals surface area (Å²) in [5.41, 5.74) is 28.5. The van der Waals surface area contributed by atoms with Crippen LogP contribution in [0, 0.1) is 0 Å². The van der Waals surface area contributed by atoms with Crippen molar-refractivity contribution in [2.45, 2.75) is 0 Å². The van der Waals surface area contributed by atoms with Crippen molar-refractivity contribution in [3.05, 3.63) is 358 Å². The first-order valence-corrected chi connectivity index (χ1v) is 33.6. The monoisotopic (exact) mass is 1230 g/mol. The first kappa shape index (κ1) is 54.8. The fourth-order valence-electron chi connectivity index (χ4n) is 16.5. The highest BCUT2D eigenvalue weighted by molar-refractivity contribution is 7.00. The van der Waals surface area contributed by atoms with E-state index in [-0.39, 0.29) is 6.71 Å². The van der Waals surface area contributed by atoms with E-state index in [4.69, 9.17) is 0 Å². The van der Waals surface area contributed by atoms with E-state index in [1.54, 1.807) is 0 Å². The molecule has 0 radical (unpaired) electrons. The van der Waals surface area contributed by atoms with E-state index in [1.807, 2.05) is 0 Å². The van der Waals surface area contributed by atoms with Crippen LogP contribution in [0.15, 0.2) is 358 Å². The molecule has 5 heteroatoms. The SMILES string of the molecule is c1ccc(-c2cc3c4c(c2)N(c2c(-c5ccccc5)cccc2-c2ccccc2)c2cc(-n5c6ccccc6c6c7ccccc7ccc65)ccc2B4c2ccc(-n4c5ccccc5c5c6ccccc6ccc54)cc2N3c2c(-c3ccccc3)cccc2-c2ccccc2)cc1. The number of para-hydroxylation sites is 4. The molecule has 0 amide bonds. The van der Waals surface area contributed by atoms with Crippen molar-refractivity contribution in [1.29, 1.82) is 0 Å². The van der Waals surface area contributed by atoms with E-state index >= 15 is 0 Å². The molecule has 2 aliphatic heterocycles. The number of fused-ring (bicyclic) bond motifs is 14. The first-order chi connectivity index (χ1) is 48.2. The molecule has 4 heterocycles. The molecule has 16 aromatic carbocycles. The highest BCUT2D eigenvalue weighted by Crippen LogP contribution is 2.55.